The monoisotopic (exact) mass is 243 g/mol. The van der Waals surface area contributed by atoms with Crippen LogP contribution in [-0.2, 0) is 4.79 Å². The van der Waals surface area contributed by atoms with Crippen molar-refractivity contribution in [1.29, 1.82) is 0 Å². The number of carbonyl (C=O) groups excluding carboxylic acids is 1. The molecule has 1 atom stereocenters. The first-order valence-corrected chi connectivity index (χ1v) is 7.05. The topological polar surface area (TPSA) is 20.3 Å². The number of amides is 1. The van der Waals surface area contributed by atoms with Crippen LogP contribution >= 0.6 is 11.6 Å². The standard InChI is InChI=1S/C13H22ClNO/c1-10-4-6-11(7-5-10)12(14)13(16)15-8-2-3-9-15/h10-12H,2-9H2,1H3. The van der Waals surface area contributed by atoms with Crippen molar-refractivity contribution >= 4 is 17.5 Å². The molecule has 2 rings (SSSR count). The molecule has 2 fully saturated rings. The van der Waals surface area contributed by atoms with Crippen LogP contribution in [0.3, 0.4) is 0 Å². The lowest BCUT2D eigenvalue weighted by atomic mass is 9.81. The van der Waals surface area contributed by atoms with Crippen molar-refractivity contribution in [1.82, 2.24) is 4.90 Å². The second-order valence-corrected chi connectivity index (χ2v) is 5.92. The van der Waals surface area contributed by atoms with Crippen LogP contribution < -0.4 is 0 Å². The van der Waals surface area contributed by atoms with Gasteiger partial charge in [-0.3, -0.25) is 4.79 Å². The molecule has 1 aliphatic carbocycles. The van der Waals surface area contributed by atoms with Crippen LogP contribution in [0.5, 0.6) is 0 Å². The van der Waals surface area contributed by atoms with Gasteiger partial charge in [0.15, 0.2) is 0 Å². The summed E-state index contributed by atoms with van der Waals surface area (Å²) in [4.78, 5) is 14.1. The minimum absolute atomic E-state index is 0.193. The first-order chi connectivity index (χ1) is 7.68. The smallest absolute Gasteiger partial charge is 0.240 e. The molecule has 0 radical (unpaired) electrons. The minimum atomic E-state index is -0.259. The zero-order valence-corrected chi connectivity index (χ0v) is 10.9. The van der Waals surface area contributed by atoms with E-state index in [9.17, 15) is 4.79 Å². The summed E-state index contributed by atoms with van der Waals surface area (Å²) in [5, 5.41) is -0.259. The van der Waals surface area contributed by atoms with Crippen LogP contribution in [0.25, 0.3) is 0 Å². The highest BCUT2D eigenvalue weighted by Crippen LogP contribution is 2.33. The van der Waals surface area contributed by atoms with Gasteiger partial charge in [-0.05, 0) is 37.5 Å². The number of rotatable bonds is 2. The van der Waals surface area contributed by atoms with E-state index in [4.69, 9.17) is 11.6 Å². The van der Waals surface area contributed by atoms with E-state index < -0.39 is 0 Å². The molecule has 92 valence electrons. The Morgan fingerprint density at radius 1 is 1.19 bits per heavy atom. The summed E-state index contributed by atoms with van der Waals surface area (Å²) in [5.41, 5.74) is 0. The Morgan fingerprint density at radius 3 is 2.31 bits per heavy atom. The molecule has 2 nitrogen and oxygen atoms in total. The normalized spacial score (nSPS) is 32.8. The molecule has 1 heterocycles. The molecule has 1 saturated carbocycles. The maximum absolute atomic E-state index is 12.1. The Bertz CT molecular complexity index is 242. The van der Waals surface area contributed by atoms with Gasteiger partial charge in [0.25, 0.3) is 0 Å². The summed E-state index contributed by atoms with van der Waals surface area (Å²) in [6.07, 6.45) is 7.04. The number of halogens is 1. The Labute approximate surface area is 103 Å². The summed E-state index contributed by atoms with van der Waals surface area (Å²) in [5.74, 6) is 1.44. The molecule has 1 amide bonds. The summed E-state index contributed by atoms with van der Waals surface area (Å²) < 4.78 is 0. The van der Waals surface area contributed by atoms with Gasteiger partial charge in [0.05, 0.1) is 0 Å². The molecular formula is C13H22ClNO. The number of hydrogen-bond acceptors (Lipinski definition) is 1. The Balaban J connectivity index is 1.86. The molecule has 0 spiro atoms. The summed E-state index contributed by atoms with van der Waals surface area (Å²) in [6.45, 7) is 4.14. The molecule has 0 N–H and O–H groups in total. The lowest BCUT2D eigenvalue weighted by Gasteiger charge is -2.30. The van der Waals surface area contributed by atoms with Gasteiger partial charge in [0.1, 0.15) is 5.38 Å². The molecular weight excluding hydrogens is 222 g/mol. The maximum atomic E-state index is 12.1. The third-order valence-electron chi connectivity index (χ3n) is 4.13. The highest BCUT2D eigenvalue weighted by Gasteiger charge is 2.32. The molecule has 3 heteroatoms. The molecule has 2 aliphatic rings. The van der Waals surface area contributed by atoms with Crippen molar-refractivity contribution in [3.63, 3.8) is 0 Å². The van der Waals surface area contributed by atoms with Gasteiger partial charge in [-0.25, -0.2) is 0 Å². The number of hydrogen-bond donors (Lipinski definition) is 0. The number of nitrogens with zero attached hydrogens (tertiary/aromatic N) is 1. The zero-order valence-electron chi connectivity index (χ0n) is 10.1. The van der Waals surface area contributed by atoms with Crippen LogP contribution in [0.15, 0.2) is 0 Å². The van der Waals surface area contributed by atoms with E-state index in [-0.39, 0.29) is 11.3 Å². The summed E-state index contributed by atoms with van der Waals surface area (Å²) in [7, 11) is 0. The molecule has 16 heavy (non-hydrogen) atoms. The highest BCUT2D eigenvalue weighted by molar-refractivity contribution is 6.30. The molecule has 1 aliphatic heterocycles. The first-order valence-electron chi connectivity index (χ1n) is 6.61. The van der Waals surface area contributed by atoms with E-state index in [2.05, 4.69) is 6.92 Å². The minimum Gasteiger partial charge on any atom is -0.341 e. The second-order valence-electron chi connectivity index (χ2n) is 5.45. The molecule has 0 aromatic rings. The van der Waals surface area contributed by atoms with Crippen LogP contribution in [-0.4, -0.2) is 29.3 Å². The second kappa shape index (κ2) is 5.39. The molecule has 1 saturated heterocycles. The molecule has 0 aromatic heterocycles. The first kappa shape index (κ1) is 12.2. The van der Waals surface area contributed by atoms with E-state index in [0.29, 0.717) is 5.92 Å². The Kier molecular flexibility index (Phi) is 4.12. The van der Waals surface area contributed by atoms with E-state index in [1.54, 1.807) is 0 Å². The fourth-order valence-electron chi connectivity index (χ4n) is 2.89. The highest BCUT2D eigenvalue weighted by atomic mass is 35.5. The number of alkyl halides is 1. The van der Waals surface area contributed by atoms with E-state index in [1.807, 2.05) is 4.90 Å². The fraction of sp³-hybridized carbons (Fsp3) is 0.923. The third kappa shape index (κ3) is 2.71. The van der Waals surface area contributed by atoms with Crippen LogP contribution in [0.4, 0.5) is 0 Å². The van der Waals surface area contributed by atoms with Crippen LogP contribution in [0, 0.1) is 11.8 Å². The Morgan fingerprint density at radius 2 is 1.75 bits per heavy atom. The van der Waals surface area contributed by atoms with Gasteiger partial charge in [0, 0.05) is 13.1 Å². The number of carbonyl (C=O) groups is 1. The van der Waals surface area contributed by atoms with Crippen molar-refractivity contribution in [2.45, 2.75) is 50.8 Å². The Hall–Kier alpha value is -0.240. The van der Waals surface area contributed by atoms with Crippen molar-refractivity contribution in [2.24, 2.45) is 11.8 Å². The van der Waals surface area contributed by atoms with Crippen molar-refractivity contribution < 1.29 is 4.79 Å². The van der Waals surface area contributed by atoms with Crippen molar-refractivity contribution in [3.8, 4) is 0 Å². The van der Waals surface area contributed by atoms with Gasteiger partial charge >= 0.3 is 0 Å². The predicted octanol–water partition coefficient (Wildman–Crippen LogP) is 3.04. The molecule has 0 bridgehead atoms. The summed E-state index contributed by atoms with van der Waals surface area (Å²) in [6, 6.07) is 0. The third-order valence-corrected chi connectivity index (χ3v) is 4.67. The zero-order chi connectivity index (χ0) is 11.5. The number of likely N-dealkylation sites (tertiary alicyclic amines) is 1. The van der Waals surface area contributed by atoms with E-state index in [0.717, 1.165) is 44.7 Å². The maximum Gasteiger partial charge on any atom is 0.240 e. The fourth-order valence-corrected chi connectivity index (χ4v) is 3.28. The van der Waals surface area contributed by atoms with Gasteiger partial charge < -0.3 is 4.90 Å². The van der Waals surface area contributed by atoms with Gasteiger partial charge in [0.2, 0.25) is 5.91 Å². The average molecular weight is 244 g/mol. The van der Waals surface area contributed by atoms with Gasteiger partial charge in [-0.15, -0.1) is 11.6 Å². The molecule has 0 aromatic carbocycles. The van der Waals surface area contributed by atoms with E-state index in [1.165, 1.54) is 12.8 Å². The van der Waals surface area contributed by atoms with Gasteiger partial charge in [-0.2, -0.15) is 0 Å². The van der Waals surface area contributed by atoms with Crippen LogP contribution in [0.1, 0.15) is 45.4 Å². The van der Waals surface area contributed by atoms with Crippen molar-refractivity contribution in [3.05, 3.63) is 0 Å². The van der Waals surface area contributed by atoms with E-state index >= 15 is 0 Å². The lowest BCUT2D eigenvalue weighted by Crippen LogP contribution is -2.39. The average Bonchev–Trinajstić information content (AvgIpc) is 2.81. The lowest BCUT2D eigenvalue weighted by molar-refractivity contribution is -0.131. The summed E-state index contributed by atoms with van der Waals surface area (Å²) >= 11 is 6.35. The quantitative estimate of drug-likeness (QED) is 0.683. The van der Waals surface area contributed by atoms with Crippen LogP contribution in [0.2, 0.25) is 0 Å². The molecule has 1 unspecified atom stereocenters. The van der Waals surface area contributed by atoms with Crippen molar-refractivity contribution in [2.75, 3.05) is 13.1 Å². The predicted molar refractivity (Wildman–Crippen MR) is 66.6 cm³/mol. The largest absolute Gasteiger partial charge is 0.341 e. The van der Waals surface area contributed by atoms with Gasteiger partial charge in [-0.1, -0.05) is 19.8 Å². The SMILES string of the molecule is CC1CCC(C(Cl)C(=O)N2CCCC2)CC1.